The molecule has 1 saturated heterocycles. The number of carboxylic acid groups (broad SMARTS) is 1. The van der Waals surface area contributed by atoms with E-state index in [1.54, 1.807) is 16.2 Å². The average molecular weight is 366 g/mol. The van der Waals surface area contributed by atoms with Crippen molar-refractivity contribution >= 4 is 50.2 Å². The van der Waals surface area contributed by atoms with Crippen molar-refractivity contribution in [2.45, 2.75) is 6.42 Å². The Hall–Kier alpha value is -2.12. The van der Waals surface area contributed by atoms with E-state index in [0.717, 1.165) is 40.5 Å². The number of carboxylic acids is 1. The molecule has 0 unspecified atom stereocenters. The molecule has 6 nitrogen and oxygen atoms in total. The number of thiazole rings is 1. The monoisotopic (exact) mass is 365 g/mol. The third-order valence-electron chi connectivity index (χ3n) is 3.79. The van der Waals surface area contributed by atoms with Gasteiger partial charge in [-0.2, -0.15) is 0 Å². The quantitative estimate of drug-likeness (QED) is 0.846. The van der Waals surface area contributed by atoms with E-state index in [2.05, 4.69) is 9.88 Å². The Morgan fingerprint density at radius 2 is 2.04 bits per heavy atom. The minimum atomic E-state index is -1.12. The first-order chi connectivity index (χ1) is 11.5. The van der Waals surface area contributed by atoms with Crippen LogP contribution in [0.5, 0.6) is 0 Å². The molecule has 2 aromatic rings. The van der Waals surface area contributed by atoms with Gasteiger partial charge >= 0.3 is 5.97 Å². The first-order valence-corrected chi connectivity index (χ1v) is 8.73. The standard InChI is InChI=1S/C16H16ClN3O3S/c17-11-2-3-12-13(10-11)24-16(18-12)20-7-1-6-19(8-9-20)14(21)4-5-15(22)23/h2-5,10H,1,6-9H2,(H,22,23)/b5-4-. The van der Waals surface area contributed by atoms with Crippen molar-refractivity contribution in [3.8, 4) is 0 Å². The Morgan fingerprint density at radius 3 is 2.83 bits per heavy atom. The zero-order valence-electron chi connectivity index (χ0n) is 12.8. The molecule has 0 radical (unpaired) electrons. The van der Waals surface area contributed by atoms with Crippen molar-refractivity contribution in [3.63, 3.8) is 0 Å². The third-order valence-corrected chi connectivity index (χ3v) is 5.10. The van der Waals surface area contributed by atoms with Crippen LogP contribution in [0, 0.1) is 0 Å². The molecule has 1 aliphatic rings. The lowest BCUT2D eigenvalue weighted by atomic mass is 10.3. The van der Waals surface area contributed by atoms with Gasteiger partial charge in [0, 0.05) is 43.4 Å². The van der Waals surface area contributed by atoms with E-state index < -0.39 is 5.97 Å². The maximum absolute atomic E-state index is 12.0. The SMILES string of the molecule is O=C(O)/C=C\C(=O)N1CCCN(c2nc3ccc(Cl)cc3s2)CC1. The third kappa shape index (κ3) is 3.85. The fraction of sp³-hybridized carbons (Fsp3) is 0.312. The minimum absolute atomic E-state index is 0.268. The van der Waals surface area contributed by atoms with Crippen molar-refractivity contribution < 1.29 is 14.7 Å². The smallest absolute Gasteiger partial charge is 0.328 e. The summed E-state index contributed by atoms with van der Waals surface area (Å²) in [6, 6.07) is 5.63. The molecule has 0 spiro atoms. The maximum Gasteiger partial charge on any atom is 0.328 e. The molecular formula is C16H16ClN3O3S. The van der Waals surface area contributed by atoms with E-state index in [1.165, 1.54) is 0 Å². The molecular weight excluding hydrogens is 350 g/mol. The van der Waals surface area contributed by atoms with E-state index in [1.807, 2.05) is 18.2 Å². The lowest BCUT2D eigenvalue weighted by Gasteiger charge is -2.20. The number of benzene rings is 1. The van der Waals surface area contributed by atoms with Gasteiger partial charge in [0.05, 0.1) is 10.2 Å². The largest absolute Gasteiger partial charge is 0.478 e. The molecule has 0 aliphatic carbocycles. The van der Waals surface area contributed by atoms with Gasteiger partial charge in [0.25, 0.3) is 0 Å². The fourth-order valence-corrected chi connectivity index (χ4v) is 3.89. The average Bonchev–Trinajstić information content (AvgIpc) is 2.80. The van der Waals surface area contributed by atoms with Crippen LogP contribution in [0.15, 0.2) is 30.4 Å². The van der Waals surface area contributed by atoms with Gasteiger partial charge < -0.3 is 14.9 Å². The summed E-state index contributed by atoms with van der Waals surface area (Å²) >= 11 is 7.60. The molecule has 8 heteroatoms. The minimum Gasteiger partial charge on any atom is -0.478 e. The Bertz CT molecular complexity index is 805. The molecule has 1 aromatic heterocycles. The topological polar surface area (TPSA) is 73.7 Å². The molecule has 1 N–H and O–H groups in total. The summed E-state index contributed by atoms with van der Waals surface area (Å²) in [5, 5.41) is 10.2. The zero-order chi connectivity index (χ0) is 17.1. The van der Waals surface area contributed by atoms with Crippen LogP contribution < -0.4 is 4.90 Å². The van der Waals surface area contributed by atoms with Crippen LogP contribution in [0.4, 0.5) is 5.13 Å². The van der Waals surface area contributed by atoms with E-state index in [-0.39, 0.29) is 5.91 Å². The summed E-state index contributed by atoms with van der Waals surface area (Å²) in [7, 11) is 0. The van der Waals surface area contributed by atoms with E-state index in [0.29, 0.717) is 24.7 Å². The summed E-state index contributed by atoms with van der Waals surface area (Å²) < 4.78 is 1.04. The molecule has 24 heavy (non-hydrogen) atoms. The summed E-state index contributed by atoms with van der Waals surface area (Å²) in [6.07, 6.45) is 2.79. The molecule has 1 amide bonds. The second-order valence-electron chi connectivity index (χ2n) is 5.45. The number of hydrogen-bond donors (Lipinski definition) is 1. The second-order valence-corrected chi connectivity index (χ2v) is 6.89. The van der Waals surface area contributed by atoms with Gasteiger partial charge in [-0.1, -0.05) is 22.9 Å². The van der Waals surface area contributed by atoms with Crippen molar-refractivity contribution in [1.82, 2.24) is 9.88 Å². The van der Waals surface area contributed by atoms with Gasteiger partial charge in [-0.05, 0) is 24.6 Å². The molecule has 0 atom stereocenters. The molecule has 0 bridgehead atoms. The molecule has 0 saturated carbocycles. The highest BCUT2D eigenvalue weighted by Crippen LogP contribution is 2.31. The summed E-state index contributed by atoms with van der Waals surface area (Å²) in [5.74, 6) is -1.39. The lowest BCUT2D eigenvalue weighted by molar-refractivity contribution is -0.132. The Morgan fingerprint density at radius 1 is 1.21 bits per heavy atom. The van der Waals surface area contributed by atoms with E-state index in [9.17, 15) is 9.59 Å². The van der Waals surface area contributed by atoms with Gasteiger partial charge in [0.1, 0.15) is 0 Å². The second kappa shape index (κ2) is 7.19. The maximum atomic E-state index is 12.0. The predicted molar refractivity (Wildman–Crippen MR) is 94.8 cm³/mol. The van der Waals surface area contributed by atoms with Crippen LogP contribution in [-0.4, -0.2) is 53.0 Å². The van der Waals surface area contributed by atoms with Crippen LogP contribution in [0.2, 0.25) is 5.02 Å². The number of aliphatic carboxylic acids is 1. The van der Waals surface area contributed by atoms with Crippen molar-refractivity contribution in [3.05, 3.63) is 35.4 Å². The zero-order valence-corrected chi connectivity index (χ0v) is 14.4. The van der Waals surface area contributed by atoms with Gasteiger partial charge in [0.2, 0.25) is 5.91 Å². The summed E-state index contributed by atoms with van der Waals surface area (Å²) in [4.78, 5) is 31.0. The van der Waals surface area contributed by atoms with Gasteiger partial charge in [0.15, 0.2) is 5.13 Å². The normalized spacial score (nSPS) is 15.9. The van der Waals surface area contributed by atoms with Gasteiger partial charge in [-0.15, -0.1) is 0 Å². The molecule has 1 aromatic carbocycles. The number of rotatable bonds is 3. The van der Waals surface area contributed by atoms with Crippen molar-refractivity contribution in [2.75, 3.05) is 31.1 Å². The van der Waals surface area contributed by atoms with E-state index in [4.69, 9.17) is 16.7 Å². The number of aromatic nitrogens is 1. The van der Waals surface area contributed by atoms with Crippen LogP contribution in [0.3, 0.4) is 0 Å². The number of carbonyl (C=O) groups is 2. The van der Waals surface area contributed by atoms with Crippen LogP contribution in [0.25, 0.3) is 10.2 Å². The van der Waals surface area contributed by atoms with Crippen LogP contribution in [0.1, 0.15) is 6.42 Å². The number of nitrogens with zero attached hydrogens (tertiary/aromatic N) is 3. The number of carbonyl (C=O) groups excluding carboxylic acids is 1. The fourth-order valence-electron chi connectivity index (χ4n) is 2.60. The molecule has 126 valence electrons. The highest BCUT2D eigenvalue weighted by molar-refractivity contribution is 7.22. The Labute approximate surface area is 148 Å². The Kier molecular flexibility index (Phi) is 5.01. The van der Waals surface area contributed by atoms with Crippen LogP contribution >= 0.6 is 22.9 Å². The summed E-state index contributed by atoms with van der Waals surface area (Å²) in [5.41, 5.74) is 0.918. The predicted octanol–water partition coefficient (Wildman–Crippen LogP) is 2.63. The number of hydrogen-bond acceptors (Lipinski definition) is 5. The van der Waals surface area contributed by atoms with Crippen molar-refractivity contribution in [1.29, 1.82) is 0 Å². The number of anilines is 1. The number of amides is 1. The highest BCUT2D eigenvalue weighted by atomic mass is 35.5. The van der Waals surface area contributed by atoms with Crippen molar-refractivity contribution in [2.24, 2.45) is 0 Å². The summed E-state index contributed by atoms with van der Waals surface area (Å²) in [6.45, 7) is 2.62. The van der Waals surface area contributed by atoms with Crippen LogP contribution in [-0.2, 0) is 9.59 Å². The number of halogens is 1. The molecule has 1 fully saturated rings. The first kappa shape index (κ1) is 16.7. The van der Waals surface area contributed by atoms with E-state index >= 15 is 0 Å². The molecule has 3 rings (SSSR count). The first-order valence-electron chi connectivity index (χ1n) is 7.54. The highest BCUT2D eigenvalue weighted by Gasteiger charge is 2.20. The number of fused-ring (bicyclic) bond motifs is 1. The van der Waals surface area contributed by atoms with Gasteiger partial charge in [-0.25, -0.2) is 9.78 Å². The Balaban J connectivity index is 1.70. The molecule has 1 aliphatic heterocycles. The molecule has 2 heterocycles. The lowest BCUT2D eigenvalue weighted by Crippen LogP contribution is -2.34. The van der Waals surface area contributed by atoms with Gasteiger partial charge in [-0.3, -0.25) is 4.79 Å².